The Kier molecular flexibility index (Phi) is 4.71. The second kappa shape index (κ2) is 6.30. The minimum absolute atomic E-state index is 0.0546. The van der Waals surface area contributed by atoms with Crippen molar-refractivity contribution in [2.45, 2.75) is 26.1 Å². The third kappa shape index (κ3) is 4.44. The molecule has 106 valence electrons. The molecule has 1 aromatic rings. The molecule has 1 fully saturated rings. The molecule has 0 N–H and O–H groups in total. The first-order valence-corrected chi connectivity index (χ1v) is 6.46. The monoisotopic (exact) mass is 272 g/mol. The van der Waals surface area contributed by atoms with Gasteiger partial charge in [-0.15, -0.1) is 8.78 Å². The van der Waals surface area contributed by atoms with Crippen molar-refractivity contribution in [2.24, 2.45) is 5.92 Å². The Morgan fingerprint density at radius 1 is 1.21 bits per heavy atom. The van der Waals surface area contributed by atoms with Crippen LogP contribution in [0.3, 0.4) is 0 Å². The fourth-order valence-corrected chi connectivity index (χ4v) is 1.87. The molecule has 0 saturated carbocycles. The average Bonchev–Trinajstić information content (AvgIpc) is 2.40. The molecule has 0 radical (unpaired) electrons. The maximum atomic E-state index is 12.6. The van der Waals surface area contributed by atoms with E-state index in [0.717, 1.165) is 18.6 Å². The van der Waals surface area contributed by atoms with E-state index in [-0.39, 0.29) is 19.1 Å². The molecule has 0 aromatic heterocycles. The molecule has 19 heavy (non-hydrogen) atoms. The molecule has 1 aliphatic heterocycles. The molecule has 1 aromatic carbocycles. The lowest BCUT2D eigenvalue weighted by molar-refractivity contribution is -0.421. The highest BCUT2D eigenvalue weighted by Gasteiger charge is 2.38. The highest BCUT2D eigenvalue weighted by molar-refractivity contribution is 5.27. The van der Waals surface area contributed by atoms with Crippen molar-refractivity contribution in [1.29, 1.82) is 0 Å². The summed E-state index contributed by atoms with van der Waals surface area (Å²) in [6, 6.07) is 7.82. The molecular formula is C14H18F2O3. The van der Waals surface area contributed by atoms with Gasteiger partial charge in [0.25, 0.3) is 0 Å². The van der Waals surface area contributed by atoms with Crippen molar-refractivity contribution in [3.05, 3.63) is 29.8 Å². The Morgan fingerprint density at radius 3 is 2.42 bits per heavy atom. The van der Waals surface area contributed by atoms with Gasteiger partial charge in [-0.1, -0.05) is 25.5 Å². The van der Waals surface area contributed by atoms with E-state index in [1.807, 2.05) is 24.3 Å². The molecule has 0 unspecified atom stereocenters. The molecular weight excluding hydrogens is 254 g/mol. The van der Waals surface area contributed by atoms with Gasteiger partial charge in [-0.05, 0) is 24.1 Å². The van der Waals surface area contributed by atoms with Crippen molar-refractivity contribution >= 4 is 0 Å². The van der Waals surface area contributed by atoms with E-state index in [4.69, 9.17) is 4.74 Å². The lowest BCUT2D eigenvalue weighted by Crippen LogP contribution is -2.39. The molecule has 1 heterocycles. The summed E-state index contributed by atoms with van der Waals surface area (Å²) in [5, 5.41) is 0. The predicted octanol–water partition coefficient (Wildman–Crippen LogP) is 3.23. The van der Waals surface area contributed by atoms with E-state index in [1.165, 1.54) is 5.56 Å². The highest BCUT2D eigenvalue weighted by atomic mass is 19.3. The molecule has 0 atom stereocenters. The van der Waals surface area contributed by atoms with Crippen LogP contribution in [-0.2, 0) is 15.9 Å². The predicted molar refractivity (Wildman–Crippen MR) is 66.3 cm³/mol. The molecule has 5 heteroatoms. The van der Waals surface area contributed by atoms with Crippen LogP contribution in [0.1, 0.15) is 18.9 Å². The number of ether oxygens (including phenoxy) is 3. The smallest absolute Gasteiger partial charge is 0.485 e. The minimum atomic E-state index is -3.45. The van der Waals surface area contributed by atoms with Crippen LogP contribution in [0, 0.1) is 5.92 Å². The molecule has 2 rings (SSSR count). The Morgan fingerprint density at radius 2 is 1.84 bits per heavy atom. The number of hydrogen-bond donors (Lipinski definition) is 0. The first-order valence-electron chi connectivity index (χ1n) is 6.46. The fraction of sp³-hybridized carbons (Fsp3) is 0.571. The van der Waals surface area contributed by atoms with Gasteiger partial charge in [0.2, 0.25) is 0 Å². The summed E-state index contributed by atoms with van der Waals surface area (Å²) in [6.45, 7) is 2.33. The van der Waals surface area contributed by atoms with E-state index in [9.17, 15) is 8.78 Å². The summed E-state index contributed by atoms with van der Waals surface area (Å²) in [5.41, 5.74) is 1.26. The van der Waals surface area contributed by atoms with Crippen LogP contribution < -0.4 is 4.74 Å². The van der Waals surface area contributed by atoms with E-state index in [1.54, 1.807) is 0 Å². The number of hydrogen-bond acceptors (Lipinski definition) is 3. The SMILES string of the molecule is CCCc1ccc(OCC2COC(F)(F)OC2)cc1. The molecule has 0 bridgehead atoms. The number of benzene rings is 1. The van der Waals surface area contributed by atoms with Gasteiger partial charge in [0, 0.05) is 5.92 Å². The van der Waals surface area contributed by atoms with E-state index >= 15 is 0 Å². The Balaban J connectivity index is 1.76. The standard InChI is InChI=1S/C14H18F2O3/c1-2-3-11-4-6-13(7-5-11)17-8-12-9-18-14(15,16)19-10-12/h4-7,12H,2-3,8-10H2,1H3. The van der Waals surface area contributed by atoms with Crippen LogP contribution in [-0.4, -0.2) is 26.1 Å². The molecule has 0 aliphatic carbocycles. The molecule has 3 nitrogen and oxygen atoms in total. The second-order valence-electron chi connectivity index (χ2n) is 4.66. The average molecular weight is 272 g/mol. The van der Waals surface area contributed by atoms with Gasteiger partial charge in [0.05, 0.1) is 19.8 Å². The van der Waals surface area contributed by atoms with Gasteiger partial charge in [0.15, 0.2) is 0 Å². The fourth-order valence-electron chi connectivity index (χ4n) is 1.87. The lowest BCUT2D eigenvalue weighted by Gasteiger charge is -2.27. The van der Waals surface area contributed by atoms with Gasteiger partial charge in [0.1, 0.15) is 5.75 Å². The summed E-state index contributed by atoms with van der Waals surface area (Å²) in [7, 11) is 0. The van der Waals surface area contributed by atoms with Gasteiger partial charge in [-0.3, -0.25) is 9.47 Å². The van der Waals surface area contributed by atoms with Crippen LogP contribution in [0.5, 0.6) is 5.75 Å². The third-order valence-electron chi connectivity index (χ3n) is 2.92. The van der Waals surface area contributed by atoms with Gasteiger partial charge in [-0.2, -0.15) is 0 Å². The van der Waals surface area contributed by atoms with E-state index < -0.39 is 6.29 Å². The number of halogens is 2. The summed E-state index contributed by atoms with van der Waals surface area (Å²) in [6.07, 6.45) is -1.30. The summed E-state index contributed by atoms with van der Waals surface area (Å²) >= 11 is 0. The van der Waals surface area contributed by atoms with Crippen LogP contribution in [0.15, 0.2) is 24.3 Å². The maximum Gasteiger partial charge on any atom is 0.485 e. The molecule has 1 saturated heterocycles. The van der Waals surface area contributed by atoms with Gasteiger partial charge < -0.3 is 4.74 Å². The van der Waals surface area contributed by atoms with E-state index in [0.29, 0.717) is 6.61 Å². The Labute approximate surface area is 111 Å². The van der Waals surface area contributed by atoms with Crippen molar-refractivity contribution in [3.63, 3.8) is 0 Å². The third-order valence-corrected chi connectivity index (χ3v) is 2.92. The Bertz CT molecular complexity index is 382. The first-order chi connectivity index (χ1) is 9.09. The summed E-state index contributed by atoms with van der Waals surface area (Å²) in [5.74, 6) is 0.562. The normalized spacial score (nSPS) is 19.3. The molecule has 0 amide bonds. The van der Waals surface area contributed by atoms with Crippen LogP contribution in [0.2, 0.25) is 0 Å². The molecule has 0 spiro atoms. The quantitative estimate of drug-likeness (QED) is 0.823. The summed E-state index contributed by atoms with van der Waals surface area (Å²) < 4.78 is 39.3. The highest BCUT2D eigenvalue weighted by Crippen LogP contribution is 2.25. The Hall–Kier alpha value is -1.20. The van der Waals surface area contributed by atoms with Crippen LogP contribution in [0.25, 0.3) is 0 Å². The second-order valence-corrected chi connectivity index (χ2v) is 4.66. The van der Waals surface area contributed by atoms with Gasteiger partial charge in [-0.25, -0.2) is 0 Å². The first kappa shape index (κ1) is 14.2. The van der Waals surface area contributed by atoms with Crippen molar-refractivity contribution in [2.75, 3.05) is 19.8 Å². The van der Waals surface area contributed by atoms with Gasteiger partial charge >= 0.3 is 6.29 Å². The zero-order valence-corrected chi connectivity index (χ0v) is 10.9. The van der Waals surface area contributed by atoms with Crippen molar-refractivity contribution in [3.8, 4) is 5.75 Å². The molecule has 1 aliphatic rings. The zero-order valence-electron chi connectivity index (χ0n) is 10.9. The summed E-state index contributed by atoms with van der Waals surface area (Å²) in [4.78, 5) is 0. The van der Waals surface area contributed by atoms with Crippen molar-refractivity contribution in [1.82, 2.24) is 0 Å². The van der Waals surface area contributed by atoms with Crippen molar-refractivity contribution < 1.29 is 23.0 Å². The van der Waals surface area contributed by atoms with Crippen LogP contribution in [0.4, 0.5) is 8.78 Å². The number of alkyl halides is 2. The topological polar surface area (TPSA) is 27.7 Å². The largest absolute Gasteiger partial charge is 0.493 e. The maximum absolute atomic E-state index is 12.6. The zero-order chi connectivity index (χ0) is 13.7. The van der Waals surface area contributed by atoms with E-state index in [2.05, 4.69) is 16.4 Å². The lowest BCUT2D eigenvalue weighted by atomic mass is 10.1. The number of rotatable bonds is 5. The van der Waals surface area contributed by atoms with Crippen LogP contribution >= 0.6 is 0 Å². The number of aryl methyl sites for hydroxylation is 1. The minimum Gasteiger partial charge on any atom is -0.493 e.